The lowest BCUT2D eigenvalue weighted by Crippen LogP contribution is -2.14. The maximum atomic E-state index is 12.7. The zero-order valence-electron chi connectivity index (χ0n) is 12.2. The Hall–Kier alpha value is -2.45. The smallest absolute Gasteiger partial charge is 0.194 e. The maximum absolute atomic E-state index is 12.7. The van der Waals surface area contributed by atoms with Gasteiger partial charge < -0.3 is 0 Å². The second-order valence-electron chi connectivity index (χ2n) is 5.45. The molecule has 1 nitrogen and oxygen atoms in total. The van der Waals surface area contributed by atoms with Gasteiger partial charge in [-0.25, -0.2) is 0 Å². The number of ketones is 1. The quantitative estimate of drug-likeness (QED) is 0.473. The van der Waals surface area contributed by atoms with Crippen LogP contribution in [0.2, 0.25) is 0 Å². The number of hydrogen-bond donors (Lipinski definition) is 0. The molecule has 0 amide bonds. The Bertz CT molecular complexity index is 863. The van der Waals surface area contributed by atoms with Crippen LogP contribution < -0.4 is 0 Å². The fourth-order valence-electron chi connectivity index (χ4n) is 2.94. The van der Waals surface area contributed by atoms with Gasteiger partial charge in [0.15, 0.2) is 5.78 Å². The van der Waals surface area contributed by atoms with Gasteiger partial charge in [0.1, 0.15) is 0 Å². The summed E-state index contributed by atoms with van der Waals surface area (Å²) in [5.74, 6) is 0.117. The fourth-order valence-corrected chi connectivity index (χ4v) is 3.80. The second-order valence-corrected chi connectivity index (χ2v) is 6.39. The van der Waals surface area contributed by atoms with Crippen molar-refractivity contribution in [2.24, 2.45) is 0 Å². The molecule has 3 aromatic rings. The number of carbonyl (C=O) groups excluding carboxylic acids is 1. The Morgan fingerprint density at radius 3 is 1.86 bits per heavy atom. The Kier molecular flexibility index (Phi) is 3.05. The van der Waals surface area contributed by atoms with Crippen molar-refractivity contribution in [3.8, 4) is 0 Å². The summed E-state index contributed by atoms with van der Waals surface area (Å²) in [4.78, 5) is 13.9. The maximum Gasteiger partial charge on any atom is 0.194 e. The monoisotopic (exact) mass is 302 g/mol. The van der Waals surface area contributed by atoms with E-state index in [1.807, 2.05) is 48.5 Å². The van der Waals surface area contributed by atoms with E-state index in [1.54, 1.807) is 11.3 Å². The predicted octanol–water partition coefficient (Wildman–Crippen LogP) is 5.19. The summed E-state index contributed by atoms with van der Waals surface area (Å²) >= 11 is 1.73. The Balaban J connectivity index is 2.03. The number of hydrogen-bond acceptors (Lipinski definition) is 2. The summed E-state index contributed by atoms with van der Waals surface area (Å²) in [5.41, 5.74) is 6.04. The average Bonchev–Trinajstić information content (AvgIpc) is 2.96. The van der Waals surface area contributed by atoms with Crippen LogP contribution in [-0.2, 0) is 0 Å². The van der Waals surface area contributed by atoms with Crippen molar-refractivity contribution in [3.63, 3.8) is 0 Å². The number of thiophene rings is 1. The number of benzene rings is 2. The van der Waals surface area contributed by atoms with E-state index in [4.69, 9.17) is 0 Å². The summed E-state index contributed by atoms with van der Waals surface area (Å²) in [5, 5.41) is 2.10. The SMILES string of the molecule is Cc1ccsc1C=C1c2ccccc2C(=O)c2ccccc21. The first-order valence-corrected chi connectivity index (χ1v) is 8.13. The van der Waals surface area contributed by atoms with Gasteiger partial charge in [-0.1, -0.05) is 48.5 Å². The van der Waals surface area contributed by atoms with E-state index in [0.29, 0.717) is 0 Å². The van der Waals surface area contributed by atoms with E-state index in [1.165, 1.54) is 10.4 Å². The van der Waals surface area contributed by atoms with Crippen LogP contribution in [0.15, 0.2) is 60.0 Å². The van der Waals surface area contributed by atoms with Crippen molar-refractivity contribution in [2.45, 2.75) is 6.92 Å². The van der Waals surface area contributed by atoms with Gasteiger partial charge in [-0.15, -0.1) is 11.3 Å². The van der Waals surface area contributed by atoms with Crippen molar-refractivity contribution in [1.29, 1.82) is 0 Å². The summed E-state index contributed by atoms with van der Waals surface area (Å²) in [6.07, 6.45) is 2.21. The molecule has 0 spiro atoms. The molecule has 0 atom stereocenters. The van der Waals surface area contributed by atoms with Crippen LogP contribution in [0.5, 0.6) is 0 Å². The van der Waals surface area contributed by atoms with Crippen LogP contribution in [0.25, 0.3) is 11.6 Å². The molecule has 2 aromatic carbocycles. The molecule has 2 heteroatoms. The summed E-state index contributed by atoms with van der Waals surface area (Å²) < 4.78 is 0. The molecule has 0 saturated carbocycles. The average molecular weight is 302 g/mol. The van der Waals surface area contributed by atoms with Crippen molar-refractivity contribution < 1.29 is 4.79 Å². The van der Waals surface area contributed by atoms with Gasteiger partial charge in [0.2, 0.25) is 0 Å². The second kappa shape index (κ2) is 5.08. The number of carbonyl (C=O) groups is 1. The minimum absolute atomic E-state index is 0.117. The molecular formula is C20H14OS. The molecule has 1 aromatic heterocycles. The Labute approximate surface area is 133 Å². The van der Waals surface area contributed by atoms with Crippen LogP contribution in [-0.4, -0.2) is 5.78 Å². The highest BCUT2D eigenvalue weighted by Gasteiger charge is 2.26. The van der Waals surface area contributed by atoms with E-state index >= 15 is 0 Å². The molecule has 0 unspecified atom stereocenters. The molecule has 0 saturated heterocycles. The van der Waals surface area contributed by atoms with Crippen LogP contribution >= 0.6 is 11.3 Å². The zero-order chi connectivity index (χ0) is 15.1. The minimum Gasteiger partial charge on any atom is -0.289 e. The van der Waals surface area contributed by atoms with Gasteiger partial charge in [-0.3, -0.25) is 4.79 Å². The van der Waals surface area contributed by atoms with Crippen LogP contribution in [0.4, 0.5) is 0 Å². The first-order chi connectivity index (χ1) is 10.8. The van der Waals surface area contributed by atoms with E-state index < -0.39 is 0 Å². The van der Waals surface area contributed by atoms with E-state index in [2.05, 4.69) is 24.4 Å². The lowest BCUT2D eigenvalue weighted by molar-refractivity contribution is 0.103. The summed E-state index contributed by atoms with van der Waals surface area (Å²) in [7, 11) is 0. The minimum atomic E-state index is 0.117. The molecular weight excluding hydrogens is 288 g/mol. The van der Waals surface area contributed by atoms with Gasteiger partial charge in [-0.2, -0.15) is 0 Å². The van der Waals surface area contributed by atoms with Gasteiger partial charge >= 0.3 is 0 Å². The van der Waals surface area contributed by atoms with Gasteiger partial charge in [0, 0.05) is 16.0 Å². The van der Waals surface area contributed by atoms with Crippen molar-refractivity contribution >= 4 is 28.8 Å². The lowest BCUT2D eigenvalue weighted by Gasteiger charge is -2.21. The molecule has 106 valence electrons. The third-order valence-electron chi connectivity index (χ3n) is 4.10. The van der Waals surface area contributed by atoms with Crippen molar-refractivity contribution in [3.05, 3.63) is 92.7 Å². The molecule has 1 aliphatic rings. The van der Waals surface area contributed by atoms with Crippen molar-refractivity contribution in [2.75, 3.05) is 0 Å². The van der Waals surface area contributed by atoms with Gasteiger partial charge in [0.25, 0.3) is 0 Å². The third-order valence-corrected chi connectivity index (χ3v) is 5.07. The highest BCUT2D eigenvalue weighted by molar-refractivity contribution is 7.11. The largest absolute Gasteiger partial charge is 0.289 e. The van der Waals surface area contributed by atoms with E-state index in [9.17, 15) is 4.79 Å². The molecule has 0 fully saturated rings. The van der Waals surface area contributed by atoms with Crippen LogP contribution in [0, 0.1) is 6.92 Å². The topological polar surface area (TPSA) is 17.1 Å². The summed E-state index contributed by atoms with van der Waals surface area (Å²) in [6, 6.07) is 17.9. The summed E-state index contributed by atoms with van der Waals surface area (Å²) in [6.45, 7) is 2.12. The molecule has 0 aliphatic heterocycles. The van der Waals surface area contributed by atoms with E-state index in [0.717, 1.165) is 27.8 Å². The van der Waals surface area contributed by atoms with Gasteiger partial charge in [0.05, 0.1) is 0 Å². The first kappa shape index (κ1) is 13.2. The Morgan fingerprint density at radius 1 is 0.818 bits per heavy atom. The normalized spacial score (nSPS) is 12.8. The molecule has 4 rings (SSSR count). The molecule has 1 aliphatic carbocycles. The number of fused-ring (bicyclic) bond motifs is 2. The standard InChI is InChI=1S/C20H14OS/c1-13-10-11-22-19(13)12-18-14-6-2-4-8-16(14)20(21)17-9-5-3-7-15(17)18/h2-12H,1H3. The Morgan fingerprint density at radius 2 is 1.36 bits per heavy atom. The third kappa shape index (κ3) is 1.96. The molecule has 0 bridgehead atoms. The number of aryl methyl sites for hydroxylation is 1. The zero-order valence-corrected chi connectivity index (χ0v) is 13.0. The van der Waals surface area contributed by atoms with Crippen LogP contribution in [0.3, 0.4) is 0 Å². The van der Waals surface area contributed by atoms with Crippen LogP contribution in [0.1, 0.15) is 37.5 Å². The molecule has 0 radical (unpaired) electrons. The first-order valence-electron chi connectivity index (χ1n) is 7.25. The van der Waals surface area contributed by atoms with E-state index in [-0.39, 0.29) is 5.78 Å². The van der Waals surface area contributed by atoms with Crippen molar-refractivity contribution in [1.82, 2.24) is 0 Å². The highest BCUT2D eigenvalue weighted by Crippen LogP contribution is 2.37. The molecule has 1 heterocycles. The van der Waals surface area contributed by atoms with Gasteiger partial charge in [-0.05, 0) is 46.7 Å². The number of rotatable bonds is 1. The fraction of sp³-hybridized carbons (Fsp3) is 0.0500. The lowest BCUT2D eigenvalue weighted by atomic mass is 9.81. The highest BCUT2D eigenvalue weighted by atomic mass is 32.1. The molecule has 0 N–H and O–H groups in total. The molecule has 22 heavy (non-hydrogen) atoms. The predicted molar refractivity (Wildman–Crippen MR) is 92.3 cm³/mol.